The minimum atomic E-state index is -4.68. The van der Waals surface area contributed by atoms with Crippen molar-refractivity contribution in [1.82, 2.24) is 0 Å². The Morgan fingerprint density at radius 1 is 1.16 bits per heavy atom. The SMILES string of the molecule is CC1(C)[C@H](C=C(Cl)C(F)(F)F)[C@@H]1C(=O)O[C@H](C#N)c1cccc(Oc2ccccc2)c1. The van der Waals surface area contributed by atoms with Crippen LogP contribution in [-0.2, 0) is 9.53 Å². The number of alkyl halides is 3. The van der Waals surface area contributed by atoms with E-state index in [2.05, 4.69) is 0 Å². The topological polar surface area (TPSA) is 59.3 Å². The minimum Gasteiger partial charge on any atom is -0.457 e. The van der Waals surface area contributed by atoms with Crippen molar-refractivity contribution in [3.05, 3.63) is 71.3 Å². The highest BCUT2D eigenvalue weighted by molar-refractivity contribution is 6.30. The molecule has 1 fully saturated rings. The maximum atomic E-state index is 12.7. The molecule has 31 heavy (non-hydrogen) atoms. The van der Waals surface area contributed by atoms with Gasteiger partial charge in [0.05, 0.1) is 5.92 Å². The van der Waals surface area contributed by atoms with Crippen LogP contribution in [0.4, 0.5) is 13.2 Å². The Hall–Kier alpha value is -2.98. The lowest BCUT2D eigenvalue weighted by Crippen LogP contribution is -2.14. The van der Waals surface area contributed by atoms with Crippen molar-refractivity contribution >= 4 is 17.6 Å². The van der Waals surface area contributed by atoms with Crippen LogP contribution in [-0.4, -0.2) is 12.1 Å². The van der Waals surface area contributed by atoms with E-state index in [9.17, 15) is 23.2 Å². The van der Waals surface area contributed by atoms with Crippen molar-refractivity contribution in [2.45, 2.75) is 26.1 Å². The van der Waals surface area contributed by atoms with Gasteiger partial charge in [0.1, 0.15) is 22.6 Å². The molecule has 0 aliphatic heterocycles. The first kappa shape index (κ1) is 22.7. The smallest absolute Gasteiger partial charge is 0.426 e. The summed E-state index contributed by atoms with van der Waals surface area (Å²) in [6, 6.07) is 17.4. The number of hydrogen-bond donors (Lipinski definition) is 0. The maximum Gasteiger partial charge on any atom is 0.426 e. The number of nitriles is 1. The van der Waals surface area contributed by atoms with E-state index in [0.717, 1.165) is 6.08 Å². The summed E-state index contributed by atoms with van der Waals surface area (Å²) in [6.07, 6.45) is -5.07. The molecule has 2 aromatic carbocycles. The summed E-state index contributed by atoms with van der Waals surface area (Å²) in [5.41, 5.74) is -0.371. The molecule has 0 unspecified atom stereocenters. The molecule has 0 N–H and O–H groups in total. The van der Waals surface area contributed by atoms with Crippen molar-refractivity contribution in [1.29, 1.82) is 5.26 Å². The van der Waals surface area contributed by atoms with Gasteiger partial charge in [0.2, 0.25) is 6.10 Å². The highest BCUT2D eigenvalue weighted by Gasteiger charge is 2.62. The van der Waals surface area contributed by atoms with Gasteiger partial charge in [-0.3, -0.25) is 4.79 Å². The van der Waals surface area contributed by atoms with Gasteiger partial charge in [-0.2, -0.15) is 18.4 Å². The lowest BCUT2D eigenvalue weighted by molar-refractivity contribution is -0.149. The summed E-state index contributed by atoms with van der Waals surface area (Å²) in [7, 11) is 0. The monoisotopic (exact) mass is 449 g/mol. The molecule has 3 rings (SSSR count). The highest BCUT2D eigenvalue weighted by Crippen LogP contribution is 2.60. The van der Waals surface area contributed by atoms with E-state index in [1.54, 1.807) is 50.2 Å². The summed E-state index contributed by atoms with van der Waals surface area (Å²) in [4.78, 5) is 12.6. The fraction of sp³-hybridized carbons (Fsp3) is 0.304. The van der Waals surface area contributed by atoms with Gasteiger partial charge in [0, 0.05) is 5.56 Å². The van der Waals surface area contributed by atoms with Gasteiger partial charge in [-0.1, -0.05) is 61.9 Å². The van der Waals surface area contributed by atoms with Crippen molar-refractivity contribution in [2.75, 3.05) is 0 Å². The molecular weight excluding hydrogens is 431 g/mol. The van der Waals surface area contributed by atoms with Gasteiger partial charge < -0.3 is 9.47 Å². The number of benzene rings is 2. The van der Waals surface area contributed by atoms with Crippen LogP contribution in [0.15, 0.2) is 65.7 Å². The first-order valence-electron chi connectivity index (χ1n) is 9.41. The average Bonchev–Trinajstić information content (AvgIpc) is 3.26. The molecule has 1 aliphatic carbocycles. The van der Waals surface area contributed by atoms with Gasteiger partial charge in [-0.25, -0.2) is 0 Å². The van der Waals surface area contributed by atoms with E-state index in [1.165, 1.54) is 0 Å². The van der Waals surface area contributed by atoms with E-state index in [0.29, 0.717) is 17.1 Å². The lowest BCUT2D eigenvalue weighted by Gasteiger charge is -2.13. The zero-order chi connectivity index (χ0) is 22.8. The number of carbonyl (C=O) groups is 1. The minimum absolute atomic E-state index is 0.392. The van der Waals surface area contributed by atoms with Crippen LogP contribution < -0.4 is 4.74 Å². The quantitative estimate of drug-likeness (QED) is 0.469. The number of para-hydroxylation sites is 1. The molecule has 0 bridgehead atoms. The van der Waals surface area contributed by atoms with E-state index < -0.39 is 40.5 Å². The Bertz CT molecular complexity index is 1030. The van der Waals surface area contributed by atoms with Crippen LogP contribution in [0.25, 0.3) is 0 Å². The number of ether oxygens (including phenoxy) is 2. The fourth-order valence-electron chi connectivity index (χ4n) is 3.42. The second kappa shape index (κ2) is 8.64. The lowest BCUT2D eigenvalue weighted by atomic mass is 10.1. The van der Waals surface area contributed by atoms with Gasteiger partial charge in [-0.05, 0) is 35.6 Å². The molecule has 0 amide bonds. The average molecular weight is 450 g/mol. The third kappa shape index (κ3) is 5.20. The van der Waals surface area contributed by atoms with Crippen molar-refractivity contribution in [3.8, 4) is 17.6 Å². The van der Waals surface area contributed by atoms with Crippen molar-refractivity contribution < 1.29 is 27.4 Å². The Balaban J connectivity index is 1.72. The molecule has 3 atom stereocenters. The van der Waals surface area contributed by atoms with Crippen LogP contribution in [0, 0.1) is 28.6 Å². The zero-order valence-corrected chi connectivity index (χ0v) is 17.4. The standard InChI is InChI=1S/C23H19ClF3NO3/c1-22(2)17(12-19(24)23(25,26)27)20(22)21(29)31-18(13-28)14-7-6-10-16(11-14)30-15-8-4-3-5-9-15/h3-12,17-18,20H,1-2H3/t17-,18-,20-/m1/s1. The predicted molar refractivity (Wildman–Crippen MR) is 108 cm³/mol. The van der Waals surface area contributed by atoms with E-state index in [-0.39, 0.29) is 0 Å². The number of halogens is 4. The number of hydrogen-bond acceptors (Lipinski definition) is 4. The van der Waals surface area contributed by atoms with Crippen LogP contribution in [0.5, 0.6) is 11.5 Å². The molecule has 0 saturated heterocycles. The van der Waals surface area contributed by atoms with Crippen molar-refractivity contribution in [2.24, 2.45) is 17.3 Å². The molecule has 0 heterocycles. The highest BCUT2D eigenvalue weighted by atomic mass is 35.5. The zero-order valence-electron chi connectivity index (χ0n) is 16.7. The molecule has 4 nitrogen and oxygen atoms in total. The van der Waals surface area contributed by atoms with Crippen LogP contribution >= 0.6 is 11.6 Å². The molecule has 0 radical (unpaired) electrons. The molecule has 1 saturated carbocycles. The second-order valence-corrected chi connectivity index (χ2v) is 8.18. The summed E-state index contributed by atoms with van der Waals surface area (Å²) in [5.74, 6) is -1.27. The summed E-state index contributed by atoms with van der Waals surface area (Å²) in [6.45, 7) is 3.30. The molecule has 8 heteroatoms. The molecule has 162 valence electrons. The van der Waals surface area contributed by atoms with Gasteiger partial charge in [0.25, 0.3) is 0 Å². The van der Waals surface area contributed by atoms with Gasteiger partial charge >= 0.3 is 12.1 Å². The summed E-state index contributed by atoms with van der Waals surface area (Å²) < 4.78 is 49.2. The molecule has 1 aliphatic rings. The fourth-order valence-corrected chi connectivity index (χ4v) is 3.55. The summed E-state index contributed by atoms with van der Waals surface area (Å²) in [5, 5.41) is 8.23. The molecule has 0 spiro atoms. The largest absolute Gasteiger partial charge is 0.457 e. The maximum absolute atomic E-state index is 12.7. The Labute approximate surface area is 182 Å². The number of esters is 1. The van der Waals surface area contributed by atoms with Gasteiger partial charge in [0.15, 0.2) is 0 Å². The third-order valence-corrected chi connectivity index (χ3v) is 5.59. The first-order valence-corrected chi connectivity index (χ1v) is 9.79. The Morgan fingerprint density at radius 2 is 1.81 bits per heavy atom. The number of rotatable bonds is 6. The van der Waals surface area contributed by atoms with Crippen LogP contribution in [0.3, 0.4) is 0 Å². The predicted octanol–water partition coefficient (Wildman–Crippen LogP) is 6.54. The summed E-state index contributed by atoms with van der Waals surface area (Å²) >= 11 is 5.32. The first-order chi connectivity index (χ1) is 14.5. The van der Waals surface area contributed by atoms with Crippen LogP contribution in [0.2, 0.25) is 0 Å². The van der Waals surface area contributed by atoms with E-state index >= 15 is 0 Å². The number of nitrogens with zero attached hydrogens (tertiary/aromatic N) is 1. The second-order valence-electron chi connectivity index (χ2n) is 7.77. The Morgan fingerprint density at radius 3 is 2.42 bits per heavy atom. The number of carbonyl (C=O) groups excluding carboxylic acids is 1. The molecule has 0 aromatic heterocycles. The van der Waals surface area contributed by atoms with Gasteiger partial charge in [-0.15, -0.1) is 0 Å². The van der Waals surface area contributed by atoms with Crippen molar-refractivity contribution in [3.63, 3.8) is 0 Å². The molecular formula is C23H19ClF3NO3. The Kier molecular flexibility index (Phi) is 6.33. The molecule has 2 aromatic rings. The van der Waals surface area contributed by atoms with E-state index in [1.807, 2.05) is 24.3 Å². The third-order valence-electron chi connectivity index (χ3n) is 5.25. The number of allylic oxidation sites excluding steroid dienone is 2. The normalized spacial score (nSPS) is 21.0. The van der Waals surface area contributed by atoms with Crippen LogP contribution in [0.1, 0.15) is 25.5 Å². The van der Waals surface area contributed by atoms with E-state index in [4.69, 9.17) is 21.1 Å².